The first-order chi connectivity index (χ1) is 14.9. The number of carbonyl (C=O) groups is 3. The highest BCUT2D eigenvalue weighted by Crippen LogP contribution is 2.22. The van der Waals surface area contributed by atoms with Gasteiger partial charge in [0.1, 0.15) is 10.6 Å². The Balaban J connectivity index is 1.44. The summed E-state index contributed by atoms with van der Waals surface area (Å²) in [7, 11) is 0. The minimum Gasteiger partial charge on any atom is -0.422 e. The van der Waals surface area contributed by atoms with E-state index in [0.29, 0.717) is 21.2 Å². The van der Waals surface area contributed by atoms with Crippen LogP contribution in [0.4, 0.5) is 0 Å². The van der Waals surface area contributed by atoms with Crippen molar-refractivity contribution in [1.29, 1.82) is 0 Å². The number of hydrogen-bond acceptors (Lipinski definition) is 6. The SMILES string of the molecule is O=C(CNC(=O)c1ccc(Cl)c(Cl)c1)N/N=C\c1ccc(OC(=O)c2cccs2)cc1. The van der Waals surface area contributed by atoms with Crippen LogP contribution < -0.4 is 15.5 Å². The second-order valence-corrected chi connectivity index (χ2v) is 7.80. The Kier molecular flexibility index (Phi) is 7.77. The summed E-state index contributed by atoms with van der Waals surface area (Å²) in [6, 6.07) is 14.5. The van der Waals surface area contributed by atoms with Crippen molar-refractivity contribution >= 4 is 58.5 Å². The summed E-state index contributed by atoms with van der Waals surface area (Å²) in [5, 5.41) is 8.66. The first kappa shape index (κ1) is 22.5. The molecule has 0 atom stereocenters. The van der Waals surface area contributed by atoms with Gasteiger partial charge in [-0.05, 0) is 59.5 Å². The lowest BCUT2D eigenvalue weighted by Gasteiger charge is -2.05. The van der Waals surface area contributed by atoms with Gasteiger partial charge in [-0.25, -0.2) is 10.2 Å². The number of nitrogens with zero attached hydrogens (tertiary/aromatic N) is 1. The van der Waals surface area contributed by atoms with Crippen molar-refractivity contribution in [2.45, 2.75) is 0 Å². The molecule has 158 valence electrons. The first-order valence-electron chi connectivity index (χ1n) is 8.83. The fourth-order valence-electron chi connectivity index (χ4n) is 2.29. The van der Waals surface area contributed by atoms with Gasteiger partial charge >= 0.3 is 5.97 Å². The summed E-state index contributed by atoms with van der Waals surface area (Å²) in [4.78, 5) is 36.3. The monoisotopic (exact) mass is 475 g/mol. The molecule has 0 aliphatic carbocycles. The number of esters is 1. The van der Waals surface area contributed by atoms with Crippen molar-refractivity contribution < 1.29 is 19.1 Å². The Bertz CT molecular complexity index is 1120. The number of amides is 2. The smallest absolute Gasteiger partial charge is 0.353 e. The van der Waals surface area contributed by atoms with E-state index in [1.165, 1.54) is 35.8 Å². The van der Waals surface area contributed by atoms with Gasteiger partial charge in [0.05, 0.1) is 22.8 Å². The van der Waals surface area contributed by atoms with E-state index in [2.05, 4.69) is 15.8 Å². The summed E-state index contributed by atoms with van der Waals surface area (Å²) in [5.41, 5.74) is 3.27. The molecule has 0 aliphatic rings. The van der Waals surface area contributed by atoms with Gasteiger partial charge in [-0.1, -0.05) is 29.3 Å². The molecule has 1 heterocycles. The molecule has 0 saturated carbocycles. The number of hydrogen-bond donors (Lipinski definition) is 2. The number of thiophene rings is 1. The highest BCUT2D eigenvalue weighted by atomic mass is 35.5. The molecule has 1 aromatic heterocycles. The molecule has 2 amide bonds. The van der Waals surface area contributed by atoms with Gasteiger partial charge in [0.25, 0.3) is 11.8 Å². The topological polar surface area (TPSA) is 96.9 Å². The van der Waals surface area contributed by atoms with Crippen LogP contribution in [0.5, 0.6) is 5.75 Å². The molecular weight excluding hydrogens is 461 g/mol. The van der Waals surface area contributed by atoms with E-state index >= 15 is 0 Å². The molecule has 3 aromatic rings. The van der Waals surface area contributed by atoms with E-state index in [4.69, 9.17) is 27.9 Å². The zero-order chi connectivity index (χ0) is 22.2. The maximum absolute atomic E-state index is 12.0. The minimum atomic E-state index is -0.508. The Labute approximate surface area is 191 Å². The lowest BCUT2D eigenvalue weighted by atomic mass is 10.2. The number of halogens is 2. The van der Waals surface area contributed by atoms with E-state index in [0.717, 1.165) is 0 Å². The molecule has 7 nitrogen and oxygen atoms in total. The van der Waals surface area contributed by atoms with Crippen LogP contribution in [0.2, 0.25) is 10.0 Å². The number of benzene rings is 2. The van der Waals surface area contributed by atoms with Crippen LogP contribution in [0.25, 0.3) is 0 Å². The van der Waals surface area contributed by atoms with E-state index in [1.54, 1.807) is 41.8 Å². The largest absolute Gasteiger partial charge is 0.422 e. The average Bonchev–Trinajstić information content (AvgIpc) is 3.30. The van der Waals surface area contributed by atoms with E-state index in [-0.39, 0.29) is 17.1 Å². The summed E-state index contributed by atoms with van der Waals surface area (Å²) >= 11 is 13.0. The third-order valence-corrected chi connectivity index (χ3v) is 5.40. The second kappa shape index (κ2) is 10.7. The van der Waals surface area contributed by atoms with Gasteiger partial charge in [-0.15, -0.1) is 11.3 Å². The molecule has 31 heavy (non-hydrogen) atoms. The zero-order valence-electron chi connectivity index (χ0n) is 15.8. The summed E-state index contributed by atoms with van der Waals surface area (Å²) in [6.45, 7) is -0.270. The summed E-state index contributed by atoms with van der Waals surface area (Å²) < 4.78 is 5.26. The lowest BCUT2D eigenvalue weighted by Crippen LogP contribution is -2.34. The summed E-state index contributed by atoms with van der Waals surface area (Å²) in [5.74, 6) is -1.01. The van der Waals surface area contributed by atoms with Crippen LogP contribution in [0.15, 0.2) is 65.1 Å². The molecule has 0 spiro atoms. The fraction of sp³-hybridized carbons (Fsp3) is 0.0476. The van der Waals surface area contributed by atoms with E-state index in [1.807, 2.05) is 0 Å². The standard InChI is InChI=1S/C21H15Cl2N3O4S/c22-16-8-5-14(10-17(16)23)20(28)24-12-19(27)26-25-11-13-3-6-15(7-4-13)30-21(29)18-2-1-9-31-18/h1-11H,12H2,(H,24,28)(H,26,27)/b25-11-. The van der Waals surface area contributed by atoms with Gasteiger partial charge in [0.2, 0.25) is 0 Å². The van der Waals surface area contributed by atoms with Crippen LogP contribution in [-0.4, -0.2) is 30.5 Å². The third kappa shape index (κ3) is 6.65. The van der Waals surface area contributed by atoms with Gasteiger partial charge in [-0.3, -0.25) is 9.59 Å². The molecule has 0 bridgehead atoms. The van der Waals surface area contributed by atoms with Crippen LogP contribution >= 0.6 is 34.5 Å². The molecule has 0 radical (unpaired) electrons. The Hall–Kier alpha value is -3.20. The van der Waals surface area contributed by atoms with Crippen LogP contribution in [0.3, 0.4) is 0 Å². The molecule has 0 saturated heterocycles. The second-order valence-electron chi connectivity index (χ2n) is 6.04. The number of ether oxygens (including phenoxy) is 1. The van der Waals surface area contributed by atoms with Crippen molar-refractivity contribution in [3.63, 3.8) is 0 Å². The first-order valence-corrected chi connectivity index (χ1v) is 10.5. The molecular formula is C21H15Cl2N3O4S. The van der Waals surface area contributed by atoms with Gasteiger partial charge in [-0.2, -0.15) is 5.10 Å². The van der Waals surface area contributed by atoms with Crippen LogP contribution in [0, 0.1) is 0 Å². The van der Waals surface area contributed by atoms with Gasteiger partial charge < -0.3 is 10.1 Å². The lowest BCUT2D eigenvalue weighted by molar-refractivity contribution is -0.120. The van der Waals surface area contributed by atoms with Crippen molar-refractivity contribution in [3.8, 4) is 5.75 Å². The highest BCUT2D eigenvalue weighted by Gasteiger charge is 2.10. The molecule has 2 N–H and O–H groups in total. The number of rotatable bonds is 7. The minimum absolute atomic E-state index is 0.246. The quantitative estimate of drug-likeness (QED) is 0.232. The Morgan fingerprint density at radius 3 is 2.48 bits per heavy atom. The van der Waals surface area contributed by atoms with Crippen molar-refractivity contribution in [3.05, 3.63) is 86.0 Å². The van der Waals surface area contributed by atoms with Crippen molar-refractivity contribution in [2.75, 3.05) is 6.54 Å². The maximum atomic E-state index is 12.0. The maximum Gasteiger partial charge on any atom is 0.353 e. The predicted octanol–water partition coefficient (Wildman–Crippen LogP) is 4.15. The number of nitrogens with one attached hydrogen (secondary N) is 2. The normalized spacial score (nSPS) is 10.6. The van der Waals surface area contributed by atoms with Crippen molar-refractivity contribution in [1.82, 2.24) is 10.7 Å². The average molecular weight is 476 g/mol. The van der Waals surface area contributed by atoms with Crippen molar-refractivity contribution in [2.24, 2.45) is 5.10 Å². The predicted molar refractivity (Wildman–Crippen MR) is 120 cm³/mol. The molecule has 0 unspecified atom stereocenters. The van der Waals surface area contributed by atoms with E-state index < -0.39 is 17.8 Å². The van der Waals surface area contributed by atoms with Crippen LogP contribution in [-0.2, 0) is 4.79 Å². The summed E-state index contributed by atoms with van der Waals surface area (Å²) in [6.07, 6.45) is 1.42. The number of hydrazone groups is 1. The Morgan fingerprint density at radius 1 is 1.03 bits per heavy atom. The van der Waals surface area contributed by atoms with Gasteiger partial charge in [0, 0.05) is 5.56 Å². The molecule has 0 aliphatic heterocycles. The Morgan fingerprint density at radius 2 is 1.81 bits per heavy atom. The zero-order valence-corrected chi connectivity index (χ0v) is 18.1. The van der Waals surface area contributed by atoms with Crippen LogP contribution in [0.1, 0.15) is 25.6 Å². The molecule has 0 fully saturated rings. The number of carbonyl (C=O) groups excluding carboxylic acids is 3. The third-order valence-electron chi connectivity index (χ3n) is 3.81. The molecule has 10 heteroatoms. The molecule has 2 aromatic carbocycles. The van der Waals surface area contributed by atoms with Gasteiger partial charge in [0.15, 0.2) is 0 Å². The highest BCUT2D eigenvalue weighted by molar-refractivity contribution is 7.12. The fourth-order valence-corrected chi connectivity index (χ4v) is 3.19. The molecule has 3 rings (SSSR count). The van der Waals surface area contributed by atoms with E-state index in [9.17, 15) is 14.4 Å².